The van der Waals surface area contributed by atoms with Gasteiger partial charge in [0.1, 0.15) is 5.75 Å². The molecule has 1 heterocycles. The first-order chi connectivity index (χ1) is 15.5. The molecule has 1 aliphatic rings. The van der Waals surface area contributed by atoms with E-state index in [1.165, 1.54) is 19.3 Å². The van der Waals surface area contributed by atoms with Gasteiger partial charge < -0.3 is 4.74 Å². The van der Waals surface area contributed by atoms with Crippen molar-refractivity contribution in [1.82, 2.24) is 9.21 Å². The van der Waals surface area contributed by atoms with Crippen LogP contribution in [-0.2, 0) is 16.6 Å². The third kappa shape index (κ3) is 6.80. The Hall–Kier alpha value is -1.89. The van der Waals surface area contributed by atoms with Gasteiger partial charge in [-0.25, -0.2) is 8.42 Å². The lowest BCUT2D eigenvalue weighted by Crippen LogP contribution is -2.44. The molecule has 6 heteroatoms. The lowest BCUT2D eigenvalue weighted by Gasteiger charge is -2.36. The highest BCUT2D eigenvalue weighted by Crippen LogP contribution is 2.23. The highest BCUT2D eigenvalue weighted by Gasteiger charge is 2.27. The molecule has 0 aromatic heterocycles. The predicted octanol–water partition coefficient (Wildman–Crippen LogP) is 5.32. The van der Waals surface area contributed by atoms with Crippen molar-refractivity contribution < 1.29 is 13.2 Å². The van der Waals surface area contributed by atoms with Gasteiger partial charge in [-0.1, -0.05) is 57.0 Å². The minimum absolute atomic E-state index is 0.321. The second-order valence-electron chi connectivity index (χ2n) is 8.59. The summed E-state index contributed by atoms with van der Waals surface area (Å²) in [6.07, 6.45) is 6.85. The fraction of sp³-hybridized carbons (Fsp3) is 0.538. The van der Waals surface area contributed by atoms with E-state index >= 15 is 0 Å². The summed E-state index contributed by atoms with van der Waals surface area (Å²) in [6.45, 7) is 7.69. The molecule has 0 amide bonds. The van der Waals surface area contributed by atoms with Crippen molar-refractivity contribution in [2.24, 2.45) is 0 Å². The van der Waals surface area contributed by atoms with Gasteiger partial charge in [-0.2, -0.15) is 4.31 Å². The number of benzene rings is 2. The largest absolute Gasteiger partial charge is 0.494 e. The molecule has 1 saturated heterocycles. The van der Waals surface area contributed by atoms with Gasteiger partial charge in [0.25, 0.3) is 0 Å². The second-order valence-corrected chi connectivity index (χ2v) is 10.5. The highest BCUT2D eigenvalue weighted by molar-refractivity contribution is 7.89. The Bertz CT molecular complexity index is 900. The number of hydrogen-bond acceptors (Lipinski definition) is 4. The molecule has 1 aliphatic heterocycles. The van der Waals surface area contributed by atoms with Crippen molar-refractivity contribution in [1.29, 1.82) is 0 Å². The Balaban J connectivity index is 1.76. The smallest absolute Gasteiger partial charge is 0.243 e. The van der Waals surface area contributed by atoms with Crippen molar-refractivity contribution in [3.63, 3.8) is 0 Å². The fourth-order valence-corrected chi connectivity index (χ4v) is 5.74. The van der Waals surface area contributed by atoms with Gasteiger partial charge in [0.05, 0.1) is 11.5 Å². The minimum atomic E-state index is -3.62. The Morgan fingerprint density at radius 3 is 2.47 bits per heavy atom. The van der Waals surface area contributed by atoms with Crippen LogP contribution in [0.15, 0.2) is 59.5 Å². The summed E-state index contributed by atoms with van der Waals surface area (Å²) >= 11 is 0. The van der Waals surface area contributed by atoms with E-state index in [-0.39, 0.29) is 0 Å². The quantitative estimate of drug-likeness (QED) is 0.404. The van der Waals surface area contributed by atoms with Crippen LogP contribution < -0.4 is 4.74 Å². The second kappa shape index (κ2) is 12.4. The van der Waals surface area contributed by atoms with E-state index in [9.17, 15) is 8.42 Å². The van der Waals surface area contributed by atoms with E-state index in [1.807, 2.05) is 30.3 Å². The van der Waals surface area contributed by atoms with Crippen molar-refractivity contribution in [2.75, 3.05) is 26.2 Å². The Morgan fingerprint density at radius 1 is 1.03 bits per heavy atom. The van der Waals surface area contributed by atoms with Gasteiger partial charge in [-0.3, -0.25) is 4.90 Å². The number of sulfonamides is 1. The van der Waals surface area contributed by atoms with Crippen molar-refractivity contribution in [2.45, 2.75) is 69.9 Å². The van der Waals surface area contributed by atoms with Crippen molar-refractivity contribution in [3.8, 4) is 5.75 Å². The molecule has 1 fully saturated rings. The van der Waals surface area contributed by atoms with E-state index in [0.717, 1.165) is 37.9 Å². The average Bonchev–Trinajstić information content (AvgIpc) is 2.83. The molecule has 2 aromatic carbocycles. The van der Waals surface area contributed by atoms with Crippen LogP contribution >= 0.6 is 0 Å². The van der Waals surface area contributed by atoms with Crippen LogP contribution in [0.1, 0.15) is 57.9 Å². The maximum Gasteiger partial charge on any atom is 0.243 e. The van der Waals surface area contributed by atoms with Crippen molar-refractivity contribution >= 4 is 10.0 Å². The molecule has 0 N–H and O–H groups in total. The molecule has 0 spiro atoms. The van der Waals surface area contributed by atoms with Gasteiger partial charge in [0.2, 0.25) is 10.0 Å². The molecule has 0 aliphatic carbocycles. The lowest BCUT2D eigenvalue weighted by atomic mass is 10.0. The molecule has 0 radical (unpaired) electrons. The molecular weight excluding hydrogens is 420 g/mol. The first-order valence-electron chi connectivity index (χ1n) is 12.1. The molecule has 32 heavy (non-hydrogen) atoms. The first kappa shape index (κ1) is 24.7. The monoisotopic (exact) mass is 458 g/mol. The molecule has 176 valence electrons. The van der Waals surface area contributed by atoms with E-state index in [1.54, 1.807) is 28.6 Å². The fourth-order valence-electron chi connectivity index (χ4n) is 4.32. The number of rotatable bonds is 12. The summed E-state index contributed by atoms with van der Waals surface area (Å²) < 4.78 is 34.5. The van der Waals surface area contributed by atoms with Crippen LogP contribution in [0.5, 0.6) is 5.75 Å². The minimum Gasteiger partial charge on any atom is -0.494 e. The van der Waals surface area contributed by atoms with E-state index in [4.69, 9.17) is 4.74 Å². The zero-order chi connectivity index (χ0) is 22.8. The molecule has 3 rings (SSSR count). The molecule has 1 unspecified atom stereocenters. The van der Waals surface area contributed by atoms with Gasteiger partial charge in [0.15, 0.2) is 0 Å². The Labute approximate surface area is 194 Å². The van der Waals surface area contributed by atoms with Crippen LogP contribution in [-0.4, -0.2) is 49.9 Å². The van der Waals surface area contributed by atoms with Crippen LogP contribution in [0.4, 0.5) is 0 Å². The summed E-state index contributed by atoms with van der Waals surface area (Å²) in [4.78, 5) is 2.80. The normalized spacial score (nSPS) is 17.5. The van der Waals surface area contributed by atoms with Crippen molar-refractivity contribution in [3.05, 3.63) is 60.2 Å². The maximum atomic E-state index is 13.6. The number of ether oxygens (including phenoxy) is 1. The van der Waals surface area contributed by atoms with Gasteiger partial charge in [-0.15, -0.1) is 0 Å². The third-order valence-corrected chi connectivity index (χ3v) is 8.15. The predicted molar refractivity (Wildman–Crippen MR) is 130 cm³/mol. The zero-order valence-electron chi connectivity index (χ0n) is 19.6. The maximum absolute atomic E-state index is 13.6. The number of likely N-dealkylation sites (tertiary alicyclic amines) is 1. The summed E-state index contributed by atoms with van der Waals surface area (Å²) in [5.41, 5.74) is 1.00. The first-order valence-corrected chi connectivity index (χ1v) is 13.5. The average molecular weight is 459 g/mol. The molecule has 5 nitrogen and oxygen atoms in total. The van der Waals surface area contributed by atoms with Crippen LogP contribution in [0.3, 0.4) is 0 Å². The topological polar surface area (TPSA) is 49.9 Å². The standard InChI is InChI=1S/C26H38N2O3S/c1-3-5-21-31-25-14-16-26(17-15-25)32(29,30)28(22-23-11-7-6-8-12-23)20-19-27-18-10-9-13-24(27)4-2/h6-8,11-12,14-17,24H,3-5,9-10,13,18-22H2,1-2H3. The lowest BCUT2D eigenvalue weighted by molar-refractivity contribution is 0.135. The molecule has 1 atom stereocenters. The molecular formula is C26H38N2O3S. The summed E-state index contributed by atoms with van der Waals surface area (Å²) in [6, 6.07) is 17.3. The molecule has 0 saturated carbocycles. The van der Waals surface area contributed by atoms with Crippen LogP contribution in [0, 0.1) is 0 Å². The van der Waals surface area contributed by atoms with Gasteiger partial charge in [0, 0.05) is 25.7 Å². The number of nitrogens with zero attached hydrogens (tertiary/aromatic N) is 2. The van der Waals surface area contributed by atoms with Gasteiger partial charge >= 0.3 is 0 Å². The van der Waals surface area contributed by atoms with Gasteiger partial charge in [-0.05, 0) is 62.1 Å². The molecule has 2 aromatic rings. The summed E-state index contributed by atoms with van der Waals surface area (Å²) in [5, 5.41) is 0. The summed E-state index contributed by atoms with van der Waals surface area (Å²) in [5.74, 6) is 0.714. The summed E-state index contributed by atoms with van der Waals surface area (Å²) in [7, 11) is -3.62. The zero-order valence-corrected chi connectivity index (χ0v) is 20.4. The number of unbranched alkanes of at least 4 members (excludes halogenated alkanes) is 1. The number of piperidine rings is 1. The van der Waals surface area contributed by atoms with Crippen LogP contribution in [0.2, 0.25) is 0 Å². The van der Waals surface area contributed by atoms with E-state index in [0.29, 0.717) is 36.4 Å². The SMILES string of the molecule is CCCCOc1ccc(S(=O)(=O)N(CCN2CCCCC2CC)Cc2ccccc2)cc1. The van der Waals surface area contributed by atoms with E-state index < -0.39 is 10.0 Å². The molecule has 0 bridgehead atoms. The van der Waals surface area contributed by atoms with Crippen LogP contribution in [0.25, 0.3) is 0 Å². The Kier molecular flexibility index (Phi) is 9.57. The highest BCUT2D eigenvalue weighted by atomic mass is 32.2. The number of hydrogen-bond donors (Lipinski definition) is 0. The Morgan fingerprint density at radius 2 is 1.78 bits per heavy atom. The van der Waals surface area contributed by atoms with E-state index in [2.05, 4.69) is 18.7 Å². The third-order valence-electron chi connectivity index (χ3n) is 6.29.